The van der Waals surface area contributed by atoms with Crippen LogP contribution in [-0.4, -0.2) is 36.1 Å². The maximum atomic E-state index is 4.53. The average Bonchev–Trinajstić information content (AvgIpc) is 2.50. The van der Waals surface area contributed by atoms with Gasteiger partial charge in [-0.15, -0.1) is 0 Å². The molecule has 0 aromatic carbocycles. The molecule has 15 heavy (non-hydrogen) atoms. The van der Waals surface area contributed by atoms with Gasteiger partial charge in [0.2, 0.25) is 5.95 Å². The van der Waals surface area contributed by atoms with Crippen molar-refractivity contribution in [1.29, 1.82) is 0 Å². The highest BCUT2D eigenvalue weighted by Gasteiger charge is 2.12. The van der Waals surface area contributed by atoms with E-state index in [0.29, 0.717) is 0 Å². The van der Waals surface area contributed by atoms with Crippen LogP contribution in [0.15, 0.2) is 6.20 Å². The zero-order valence-electron chi connectivity index (χ0n) is 9.45. The SMILES string of the molecule is Cc1cnc(N2CCCNCC2)nc1C. The van der Waals surface area contributed by atoms with Gasteiger partial charge in [-0.1, -0.05) is 0 Å². The van der Waals surface area contributed by atoms with Gasteiger partial charge in [0.25, 0.3) is 0 Å². The molecule has 82 valence electrons. The van der Waals surface area contributed by atoms with Crippen LogP contribution in [0.2, 0.25) is 0 Å². The van der Waals surface area contributed by atoms with E-state index in [1.54, 1.807) is 0 Å². The van der Waals surface area contributed by atoms with Crippen molar-refractivity contribution < 1.29 is 0 Å². The molecule has 1 aromatic rings. The fourth-order valence-corrected chi connectivity index (χ4v) is 1.71. The molecule has 0 amide bonds. The summed E-state index contributed by atoms with van der Waals surface area (Å²) < 4.78 is 0. The maximum absolute atomic E-state index is 4.53. The van der Waals surface area contributed by atoms with Crippen molar-refractivity contribution in [1.82, 2.24) is 15.3 Å². The van der Waals surface area contributed by atoms with Crippen molar-refractivity contribution in [3.05, 3.63) is 17.5 Å². The minimum absolute atomic E-state index is 0.877. The molecular weight excluding hydrogens is 188 g/mol. The van der Waals surface area contributed by atoms with Crippen molar-refractivity contribution in [3.63, 3.8) is 0 Å². The molecular formula is C11H18N4. The van der Waals surface area contributed by atoms with E-state index in [4.69, 9.17) is 0 Å². The number of anilines is 1. The number of nitrogens with one attached hydrogen (secondary N) is 1. The summed E-state index contributed by atoms with van der Waals surface area (Å²) in [6.07, 6.45) is 3.08. The number of aryl methyl sites for hydroxylation is 2. The third-order valence-corrected chi connectivity index (χ3v) is 2.83. The lowest BCUT2D eigenvalue weighted by Gasteiger charge is -2.20. The Morgan fingerprint density at radius 1 is 1.27 bits per heavy atom. The maximum Gasteiger partial charge on any atom is 0.225 e. The highest BCUT2D eigenvalue weighted by molar-refractivity contribution is 5.32. The molecule has 0 atom stereocenters. The standard InChI is InChI=1S/C11H18N4/c1-9-8-13-11(14-10(9)2)15-6-3-4-12-5-7-15/h8,12H,3-7H2,1-2H3. The minimum atomic E-state index is 0.877. The van der Waals surface area contributed by atoms with Crippen molar-refractivity contribution in [2.24, 2.45) is 0 Å². The monoisotopic (exact) mass is 206 g/mol. The van der Waals surface area contributed by atoms with E-state index in [9.17, 15) is 0 Å². The zero-order chi connectivity index (χ0) is 10.7. The molecule has 4 heteroatoms. The summed E-state index contributed by atoms with van der Waals surface area (Å²) in [4.78, 5) is 11.2. The second-order valence-corrected chi connectivity index (χ2v) is 4.03. The molecule has 0 saturated carbocycles. The molecule has 4 nitrogen and oxygen atoms in total. The Morgan fingerprint density at radius 3 is 2.93 bits per heavy atom. The molecule has 1 aliphatic heterocycles. The topological polar surface area (TPSA) is 41.1 Å². The second-order valence-electron chi connectivity index (χ2n) is 4.03. The molecule has 0 radical (unpaired) electrons. The van der Waals surface area contributed by atoms with Crippen molar-refractivity contribution in [3.8, 4) is 0 Å². The van der Waals surface area contributed by atoms with Gasteiger partial charge in [-0.3, -0.25) is 0 Å². The quantitative estimate of drug-likeness (QED) is 0.741. The largest absolute Gasteiger partial charge is 0.339 e. The molecule has 0 bridgehead atoms. The van der Waals surface area contributed by atoms with Gasteiger partial charge in [0.1, 0.15) is 0 Å². The Hall–Kier alpha value is -1.16. The van der Waals surface area contributed by atoms with Crippen LogP contribution in [-0.2, 0) is 0 Å². The van der Waals surface area contributed by atoms with Crippen LogP contribution in [0.1, 0.15) is 17.7 Å². The number of rotatable bonds is 1. The van der Waals surface area contributed by atoms with Gasteiger partial charge in [0, 0.05) is 31.5 Å². The van der Waals surface area contributed by atoms with Crippen molar-refractivity contribution in [2.45, 2.75) is 20.3 Å². The second kappa shape index (κ2) is 4.57. The van der Waals surface area contributed by atoms with E-state index in [0.717, 1.165) is 49.8 Å². The van der Waals surface area contributed by atoms with E-state index in [2.05, 4.69) is 20.2 Å². The lowest BCUT2D eigenvalue weighted by molar-refractivity contribution is 0.724. The first-order chi connectivity index (χ1) is 7.27. The highest BCUT2D eigenvalue weighted by Crippen LogP contribution is 2.11. The molecule has 1 aliphatic rings. The summed E-state index contributed by atoms with van der Waals surface area (Å²) in [5.41, 5.74) is 2.24. The van der Waals surface area contributed by atoms with E-state index in [-0.39, 0.29) is 0 Å². The smallest absolute Gasteiger partial charge is 0.225 e. The summed E-state index contributed by atoms with van der Waals surface area (Å²) >= 11 is 0. The normalized spacial score (nSPS) is 17.6. The summed E-state index contributed by atoms with van der Waals surface area (Å²) in [7, 11) is 0. The molecule has 0 unspecified atom stereocenters. The van der Waals surface area contributed by atoms with Gasteiger partial charge < -0.3 is 10.2 Å². The van der Waals surface area contributed by atoms with Gasteiger partial charge >= 0.3 is 0 Å². The Bertz CT molecular complexity index is 329. The van der Waals surface area contributed by atoms with Crippen LogP contribution < -0.4 is 10.2 Å². The van der Waals surface area contributed by atoms with Crippen LogP contribution in [0.3, 0.4) is 0 Å². The molecule has 1 saturated heterocycles. The van der Waals surface area contributed by atoms with Crippen LogP contribution in [0.25, 0.3) is 0 Å². The average molecular weight is 206 g/mol. The molecule has 2 rings (SSSR count). The fourth-order valence-electron chi connectivity index (χ4n) is 1.71. The van der Waals surface area contributed by atoms with E-state index >= 15 is 0 Å². The molecule has 2 heterocycles. The number of hydrogen-bond donors (Lipinski definition) is 1. The summed E-state index contributed by atoms with van der Waals surface area (Å²) in [6, 6.07) is 0. The number of aromatic nitrogens is 2. The number of hydrogen-bond acceptors (Lipinski definition) is 4. The number of nitrogens with zero attached hydrogens (tertiary/aromatic N) is 3. The van der Waals surface area contributed by atoms with Gasteiger partial charge in [-0.25, -0.2) is 9.97 Å². The molecule has 0 spiro atoms. The van der Waals surface area contributed by atoms with Crippen LogP contribution in [0, 0.1) is 13.8 Å². The van der Waals surface area contributed by atoms with Crippen molar-refractivity contribution in [2.75, 3.05) is 31.1 Å². The third-order valence-electron chi connectivity index (χ3n) is 2.83. The van der Waals surface area contributed by atoms with Crippen molar-refractivity contribution >= 4 is 5.95 Å². The van der Waals surface area contributed by atoms with E-state index in [1.807, 2.05) is 20.0 Å². The zero-order valence-corrected chi connectivity index (χ0v) is 9.45. The van der Waals surface area contributed by atoms with E-state index in [1.165, 1.54) is 0 Å². The first kappa shape index (κ1) is 10.4. The van der Waals surface area contributed by atoms with Crippen LogP contribution >= 0.6 is 0 Å². The molecule has 1 N–H and O–H groups in total. The summed E-state index contributed by atoms with van der Waals surface area (Å²) in [6.45, 7) is 8.26. The Balaban J connectivity index is 2.16. The molecule has 0 aliphatic carbocycles. The fraction of sp³-hybridized carbons (Fsp3) is 0.636. The predicted molar refractivity (Wildman–Crippen MR) is 61.2 cm³/mol. The molecule has 1 aromatic heterocycles. The Morgan fingerprint density at radius 2 is 2.13 bits per heavy atom. The first-order valence-corrected chi connectivity index (χ1v) is 5.53. The van der Waals surface area contributed by atoms with Gasteiger partial charge in [0.05, 0.1) is 0 Å². The van der Waals surface area contributed by atoms with E-state index < -0.39 is 0 Å². The van der Waals surface area contributed by atoms with Gasteiger partial charge in [-0.2, -0.15) is 0 Å². The third kappa shape index (κ3) is 2.45. The highest BCUT2D eigenvalue weighted by atomic mass is 15.3. The molecule has 1 fully saturated rings. The van der Waals surface area contributed by atoms with Gasteiger partial charge in [-0.05, 0) is 32.4 Å². The minimum Gasteiger partial charge on any atom is -0.339 e. The summed E-state index contributed by atoms with van der Waals surface area (Å²) in [5, 5.41) is 3.38. The van der Waals surface area contributed by atoms with Gasteiger partial charge in [0.15, 0.2) is 0 Å². The van der Waals surface area contributed by atoms with Crippen LogP contribution in [0.4, 0.5) is 5.95 Å². The first-order valence-electron chi connectivity index (χ1n) is 5.53. The predicted octanol–water partition coefficient (Wildman–Crippen LogP) is 0.893. The Kier molecular flexibility index (Phi) is 3.16. The lowest BCUT2D eigenvalue weighted by atomic mass is 10.3. The summed E-state index contributed by atoms with van der Waals surface area (Å²) in [5.74, 6) is 0.877. The van der Waals surface area contributed by atoms with Crippen LogP contribution in [0.5, 0.6) is 0 Å². The lowest BCUT2D eigenvalue weighted by Crippen LogP contribution is -2.29. The Labute approximate surface area is 90.7 Å².